The molecule has 26 heavy (non-hydrogen) atoms. The van der Waals surface area contributed by atoms with Gasteiger partial charge in [-0.05, 0) is 43.1 Å². The zero-order valence-corrected chi connectivity index (χ0v) is 15.6. The minimum Gasteiger partial charge on any atom is -0.387 e. The van der Waals surface area contributed by atoms with Gasteiger partial charge in [0.25, 0.3) is 5.56 Å². The number of nitrogens with one attached hydrogen (secondary N) is 1. The summed E-state index contributed by atoms with van der Waals surface area (Å²) in [6, 6.07) is 8.02. The van der Waals surface area contributed by atoms with Crippen LogP contribution in [0.5, 0.6) is 0 Å². The molecule has 1 aromatic carbocycles. The van der Waals surface area contributed by atoms with E-state index in [1.165, 1.54) is 34.4 Å². The second-order valence-corrected chi connectivity index (χ2v) is 7.57. The van der Waals surface area contributed by atoms with Gasteiger partial charge in [-0.25, -0.2) is 9.37 Å². The van der Waals surface area contributed by atoms with Crippen LogP contribution in [-0.2, 0) is 6.54 Å². The SMILES string of the molecule is Cl.O=c1c2sc(-c3ccc(F)cc3)cc2ncn1CC1(O)CCCNC1. The molecule has 3 aromatic rings. The van der Waals surface area contributed by atoms with E-state index in [0.29, 0.717) is 23.2 Å². The summed E-state index contributed by atoms with van der Waals surface area (Å²) in [6.45, 7) is 1.59. The minimum absolute atomic E-state index is 0. The summed E-state index contributed by atoms with van der Waals surface area (Å²) < 4.78 is 15.1. The number of benzene rings is 1. The number of fused-ring (bicyclic) bond motifs is 1. The number of piperidine rings is 1. The second-order valence-electron chi connectivity index (χ2n) is 6.51. The molecule has 0 saturated carbocycles. The number of hydrogen-bond donors (Lipinski definition) is 2. The lowest BCUT2D eigenvalue weighted by atomic mass is 9.94. The smallest absolute Gasteiger partial charge is 0.271 e. The van der Waals surface area contributed by atoms with E-state index in [1.807, 2.05) is 6.07 Å². The molecule has 5 nitrogen and oxygen atoms in total. The van der Waals surface area contributed by atoms with Crippen LogP contribution in [0.1, 0.15) is 12.8 Å². The largest absolute Gasteiger partial charge is 0.387 e. The first-order valence-electron chi connectivity index (χ1n) is 8.22. The second kappa shape index (κ2) is 7.44. The van der Waals surface area contributed by atoms with Gasteiger partial charge in [-0.1, -0.05) is 12.1 Å². The van der Waals surface area contributed by atoms with E-state index in [-0.39, 0.29) is 30.3 Å². The van der Waals surface area contributed by atoms with Gasteiger partial charge in [-0.3, -0.25) is 9.36 Å². The number of rotatable bonds is 3. The van der Waals surface area contributed by atoms with Crippen molar-refractivity contribution in [3.63, 3.8) is 0 Å². The van der Waals surface area contributed by atoms with Crippen molar-refractivity contribution in [3.05, 3.63) is 52.8 Å². The minimum atomic E-state index is -0.922. The van der Waals surface area contributed by atoms with Gasteiger partial charge in [0.05, 0.1) is 24.0 Å². The van der Waals surface area contributed by atoms with Gasteiger partial charge in [0, 0.05) is 11.4 Å². The van der Waals surface area contributed by atoms with E-state index < -0.39 is 5.60 Å². The lowest BCUT2D eigenvalue weighted by molar-refractivity contribution is -0.000236. The van der Waals surface area contributed by atoms with Crippen LogP contribution in [-0.4, -0.2) is 33.3 Å². The first-order valence-corrected chi connectivity index (χ1v) is 9.04. The van der Waals surface area contributed by atoms with Gasteiger partial charge in [-0.2, -0.15) is 0 Å². The van der Waals surface area contributed by atoms with Crippen molar-refractivity contribution in [1.29, 1.82) is 0 Å². The fourth-order valence-electron chi connectivity index (χ4n) is 3.22. The molecule has 8 heteroatoms. The van der Waals surface area contributed by atoms with Crippen LogP contribution in [0.4, 0.5) is 4.39 Å². The van der Waals surface area contributed by atoms with E-state index in [2.05, 4.69) is 10.3 Å². The highest BCUT2D eigenvalue weighted by molar-refractivity contribution is 7.22. The van der Waals surface area contributed by atoms with Crippen molar-refractivity contribution in [2.75, 3.05) is 13.1 Å². The summed E-state index contributed by atoms with van der Waals surface area (Å²) in [7, 11) is 0. The third kappa shape index (κ3) is 3.66. The van der Waals surface area contributed by atoms with Crippen LogP contribution in [0, 0.1) is 5.82 Å². The Balaban J connectivity index is 0.00000196. The van der Waals surface area contributed by atoms with Crippen LogP contribution in [0.3, 0.4) is 0 Å². The van der Waals surface area contributed by atoms with Crippen LogP contribution in [0.15, 0.2) is 41.5 Å². The van der Waals surface area contributed by atoms with Crippen LogP contribution < -0.4 is 10.9 Å². The Morgan fingerprint density at radius 3 is 2.81 bits per heavy atom. The lowest BCUT2D eigenvalue weighted by Gasteiger charge is -2.32. The standard InChI is InChI=1S/C18H18FN3O2S.ClH/c19-13-4-2-12(3-5-13)15-8-14-16(25-15)17(23)22(11-21-14)10-18(24)6-1-7-20-9-18;/h2-5,8,11,20,24H,1,6-7,9-10H2;1H. The zero-order valence-electron chi connectivity index (χ0n) is 13.9. The number of hydrogen-bond acceptors (Lipinski definition) is 5. The fourth-order valence-corrected chi connectivity index (χ4v) is 4.28. The Bertz CT molecular complexity index is 965. The van der Waals surface area contributed by atoms with Crippen LogP contribution in [0.2, 0.25) is 0 Å². The van der Waals surface area contributed by atoms with Crippen molar-refractivity contribution in [1.82, 2.24) is 14.9 Å². The van der Waals surface area contributed by atoms with Crippen molar-refractivity contribution in [2.45, 2.75) is 25.0 Å². The molecule has 0 radical (unpaired) electrons. The van der Waals surface area contributed by atoms with E-state index in [4.69, 9.17) is 0 Å². The normalized spacial score (nSPS) is 20.1. The highest BCUT2D eigenvalue weighted by Gasteiger charge is 2.30. The maximum Gasteiger partial charge on any atom is 0.271 e. The maximum atomic E-state index is 13.1. The monoisotopic (exact) mass is 395 g/mol. The van der Waals surface area contributed by atoms with Crippen molar-refractivity contribution in [3.8, 4) is 10.4 Å². The van der Waals surface area contributed by atoms with Crippen molar-refractivity contribution < 1.29 is 9.50 Å². The zero-order chi connectivity index (χ0) is 17.4. The molecule has 1 aliphatic rings. The van der Waals surface area contributed by atoms with Gasteiger partial charge in [-0.15, -0.1) is 23.7 Å². The molecule has 0 spiro atoms. The summed E-state index contributed by atoms with van der Waals surface area (Å²) in [5.41, 5.74) is 0.404. The molecule has 1 aliphatic heterocycles. The quantitative estimate of drug-likeness (QED) is 0.715. The Morgan fingerprint density at radius 2 is 2.12 bits per heavy atom. The molecule has 1 atom stereocenters. The van der Waals surface area contributed by atoms with Gasteiger partial charge < -0.3 is 10.4 Å². The molecule has 1 unspecified atom stereocenters. The summed E-state index contributed by atoms with van der Waals surface area (Å²) in [4.78, 5) is 18.0. The van der Waals surface area contributed by atoms with E-state index in [1.54, 1.807) is 12.1 Å². The molecule has 0 aliphatic carbocycles. The van der Waals surface area contributed by atoms with Gasteiger partial charge in [0.15, 0.2) is 0 Å². The molecule has 4 rings (SSSR count). The topological polar surface area (TPSA) is 67.2 Å². The van der Waals surface area contributed by atoms with E-state index in [9.17, 15) is 14.3 Å². The number of thiophene rings is 1. The lowest BCUT2D eigenvalue weighted by Crippen LogP contribution is -2.49. The van der Waals surface area contributed by atoms with Crippen molar-refractivity contribution >= 4 is 34.0 Å². The molecule has 1 saturated heterocycles. The summed E-state index contributed by atoms with van der Waals surface area (Å²) in [5.74, 6) is -0.292. The fraction of sp³-hybridized carbons (Fsp3) is 0.333. The number of aromatic nitrogens is 2. The average molecular weight is 396 g/mol. The summed E-state index contributed by atoms with van der Waals surface area (Å²) in [5, 5.41) is 13.8. The molecule has 2 aromatic heterocycles. The predicted octanol–water partition coefficient (Wildman–Crippen LogP) is 2.80. The molecule has 138 valence electrons. The van der Waals surface area contributed by atoms with Gasteiger partial charge >= 0.3 is 0 Å². The molecule has 0 amide bonds. The van der Waals surface area contributed by atoms with Crippen molar-refractivity contribution in [2.24, 2.45) is 0 Å². The maximum absolute atomic E-state index is 13.1. The van der Waals surface area contributed by atoms with Gasteiger partial charge in [0.1, 0.15) is 10.5 Å². The molecular formula is C18H19ClFN3O2S. The van der Waals surface area contributed by atoms with Gasteiger partial charge in [0.2, 0.25) is 0 Å². The number of aliphatic hydroxyl groups is 1. The number of nitrogens with zero attached hydrogens (tertiary/aromatic N) is 2. The molecular weight excluding hydrogens is 377 g/mol. The Morgan fingerprint density at radius 1 is 1.35 bits per heavy atom. The average Bonchev–Trinajstić information content (AvgIpc) is 3.04. The van der Waals surface area contributed by atoms with Crippen LogP contribution in [0.25, 0.3) is 20.7 Å². The highest BCUT2D eigenvalue weighted by Crippen LogP contribution is 2.31. The van der Waals surface area contributed by atoms with E-state index >= 15 is 0 Å². The Labute approximate surface area is 159 Å². The molecule has 0 bridgehead atoms. The third-order valence-electron chi connectivity index (χ3n) is 4.55. The van der Waals surface area contributed by atoms with E-state index in [0.717, 1.165) is 23.4 Å². The Kier molecular flexibility index (Phi) is 5.43. The molecule has 2 N–H and O–H groups in total. The summed E-state index contributed by atoms with van der Waals surface area (Å²) in [6.07, 6.45) is 3.04. The number of halogens is 2. The number of β-amino-alcohol motifs (C(OH)–C–C–N with tert-alkyl or cyclic N) is 1. The highest BCUT2D eigenvalue weighted by atomic mass is 35.5. The first kappa shape index (κ1) is 19.0. The Hall–Kier alpha value is -1.80. The predicted molar refractivity (Wildman–Crippen MR) is 104 cm³/mol. The summed E-state index contributed by atoms with van der Waals surface area (Å²) >= 11 is 1.34. The third-order valence-corrected chi connectivity index (χ3v) is 5.71. The van der Waals surface area contributed by atoms with Crippen LogP contribution >= 0.6 is 23.7 Å². The first-order chi connectivity index (χ1) is 12.0. The molecule has 3 heterocycles. The molecule has 1 fully saturated rings.